The number of hydrogen-bond donors (Lipinski definition) is 1. The maximum absolute atomic E-state index is 13.4. The maximum Gasteiger partial charge on any atom is 0.337 e. The van der Waals surface area contributed by atoms with Gasteiger partial charge in [0.1, 0.15) is 0 Å². The molecule has 17 heavy (non-hydrogen) atoms. The third-order valence-electron chi connectivity index (χ3n) is 2.45. The molecule has 0 aliphatic rings. The zero-order valence-corrected chi connectivity index (χ0v) is 10.1. The summed E-state index contributed by atoms with van der Waals surface area (Å²) >= 11 is 0. The molecule has 0 saturated heterocycles. The summed E-state index contributed by atoms with van der Waals surface area (Å²) in [6.07, 6.45) is 2.20. The summed E-state index contributed by atoms with van der Waals surface area (Å²) in [4.78, 5) is 14.1. The molecule has 0 spiro atoms. The first-order valence-corrected chi connectivity index (χ1v) is 6.64. The molecule has 0 aliphatic carbocycles. The number of esters is 1. The van der Waals surface area contributed by atoms with Gasteiger partial charge in [0, 0.05) is 23.4 Å². The molecule has 2 rings (SSSR count). The number of carbonyl (C=O) groups is 1. The minimum atomic E-state index is -3.82. The van der Waals surface area contributed by atoms with Gasteiger partial charge in [-0.05, 0) is 18.2 Å². The molecule has 3 nitrogen and oxygen atoms in total. The van der Waals surface area contributed by atoms with Gasteiger partial charge in [-0.3, -0.25) is 0 Å². The average molecular weight is 259 g/mol. The zero-order valence-electron chi connectivity index (χ0n) is 9.29. The van der Waals surface area contributed by atoms with Crippen molar-refractivity contribution in [1.82, 2.24) is 4.98 Å². The molecule has 0 saturated carbocycles. The molecule has 6 heteroatoms. The Kier molecular flexibility index (Phi) is 2.82. The molecular weight excluding hydrogens is 248 g/mol. The lowest BCUT2D eigenvalue weighted by Crippen LogP contribution is -2.00. The van der Waals surface area contributed by atoms with E-state index in [4.69, 9.17) is 0 Å². The summed E-state index contributed by atoms with van der Waals surface area (Å²) in [6.45, 7) is 0. The number of rotatable bonds is 2. The van der Waals surface area contributed by atoms with Crippen molar-refractivity contribution in [2.24, 2.45) is 0 Å². The molecule has 0 radical (unpaired) electrons. The number of ether oxygens (including phenoxy) is 1. The van der Waals surface area contributed by atoms with Crippen molar-refractivity contribution < 1.29 is 17.3 Å². The van der Waals surface area contributed by atoms with Gasteiger partial charge in [0.2, 0.25) is 0 Å². The van der Waals surface area contributed by atoms with Gasteiger partial charge in [0.05, 0.1) is 28.4 Å². The van der Waals surface area contributed by atoms with Crippen LogP contribution in [0.1, 0.15) is 10.4 Å². The third-order valence-corrected chi connectivity index (χ3v) is 3.56. The Balaban J connectivity index is 2.62. The number of H-pyrrole nitrogens is 1. The van der Waals surface area contributed by atoms with E-state index in [1.54, 1.807) is 6.07 Å². The molecule has 1 heterocycles. The smallest absolute Gasteiger partial charge is 0.337 e. The van der Waals surface area contributed by atoms with Gasteiger partial charge in [0.25, 0.3) is 0 Å². The number of aromatic nitrogens is 1. The molecule has 0 aliphatic heterocycles. The van der Waals surface area contributed by atoms with Crippen LogP contribution in [-0.2, 0) is 4.74 Å². The minimum Gasteiger partial charge on any atom is -0.465 e. The molecule has 0 bridgehead atoms. The zero-order chi connectivity index (χ0) is 12.6. The molecule has 92 valence electrons. The quantitative estimate of drug-likeness (QED) is 0.838. The van der Waals surface area contributed by atoms with Crippen LogP contribution in [0.4, 0.5) is 7.77 Å². The highest BCUT2D eigenvalue weighted by Crippen LogP contribution is 2.57. The van der Waals surface area contributed by atoms with Crippen molar-refractivity contribution in [2.75, 3.05) is 13.4 Å². The lowest BCUT2D eigenvalue weighted by molar-refractivity contribution is 0.0601. The Morgan fingerprint density at radius 3 is 2.71 bits per heavy atom. The molecule has 0 fully saturated rings. The van der Waals surface area contributed by atoms with E-state index >= 15 is 0 Å². The first-order chi connectivity index (χ1) is 7.93. The van der Waals surface area contributed by atoms with E-state index in [2.05, 4.69) is 9.72 Å². The number of halogens is 2. The van der Waals surface area contributed by atoms with Crippen LogP contribution in [-0.4, -0.2) is 24.3 Å². The van der Waals surface area contributed by atoms with Crippen molar-refractivity contribution in [3.8, 4) is 0 Å². The van der Waals surface area contributed by atoms with Crippen LogP contribution in [0.15, 0.2) is 29.3 Å². The Bertz CT molecular complexity index is 574. The summed E-state index contributed by atoms with van der Waals surface area (Å²) in [5, 5.41) is 0.371. The van der Waals surface area contributed by atoms with Crippen LogP contribution >= 0.6 is 10.8 Å². The number of aromatic amines is 1. The van der Waals surface area contributed by atoms with Gasteiger partial charge in [-0.2, -0.15) is 7.77 Å². The van der Waals surface area contributed by atoms with Gasteiger partial charge in [-0.25, -0.2) is 4.79 Å². The van der Waals surface area contributed by atoms with E-state index in [0.717, 1.165) is 6.26 Å². The molecule has 0 unspecified atom stereocenters. The normalized spacial score (nSPS) is 12.7. The lowest BCUT2D eigenvalue weighted by Gasteiger charge is -2.13. The highest BCUT2D eigenvalue weighted by Gasteiger charge is 2.23. The number of nitrogens with one attached hydrogen (secondary N) is 1. The van der Waals surface area contributed by atoms with Gasteiger partial charge in [-0.1, -0.05) is 0 Å². The Morgan fingerprint density at radius 2 is 2.12 bits per heavy atom. The van der Waals surface area contributed by atoms with Crippen LogP contribution < -0.4 is 0 Å². The first kappa shape index (κ1) is 11.9. The van der Waals surface area contributed by atoms with E-state index in [1.807, 2.05) is 0 Å². The van der Waals surface area contributed by atoms with Gasteiger partial charge >= 0.3 is 5.97 Å². The van der Waals surface area contributed by atoms with E-state index in [9.17, 15) is 12.6 Å². The lowest BCUT2D eigenvalue weighted by atomic mass is 10.1. The number of hydrogen-bond acceptors (Lipinski definition) is 2. The van der Waals surface area contributed by atoms with E-state index < -0.39 is 16.8 Å². The molecule has 1 aromatic carbocycles. The van der Waals surface area contributed by atoms with Crippen molar-refractivity contribution >= 4 is 27.7 Å². The van der Waals surface area contributed by atoms with Crippen LogP contribution in [0.2, 0.25) is 0 Å². The van der Waals surface area contributed by atoms with E-state index in [-0.39, 0.29) is 10.5 Å². The van der Waals surface area contributed by atoms with Crippen LogP contribution in [0.5, 0.6) is 0 Å². The van der Waals surface area contributed by atoms with Crippen molar-refractivity contribution in [3.63, 3.8) is 0 Å². The van der Waals surface area contributed by atoms with Gasteiger partial charge in [-0.15, -0.1) is 0 Å². The highest BCUT2D eigenvalue weighted by atomic mass is 32.3. The number of fused-ring (bicyclic) bond motifs is 1. The predicted molar refractivity (Wildman–Crippen MR) is 63.6 cm³/mol. The molecule has 0 atom stereocenters. The SMILES string of the molecule is COC(=O)c1ccc2[nH]cc(S(C)(F)F)c2c1. The fraction of sp³-hybridized carbons (Fsp3) is 0.182. The maximum atomic E-state index is 13.4. The summed E-state index contributed by atoms with van der Waals surface area (Å²) in [7, 11) is -2.56. The standard InChI is InChI=1S/C11H11F2NO2S/c1-16-11(15)7-3-4-9-8(5-7)10(6-14-9)17(2,12)13/h3-6,14H,1-2H3. The van der Waals surface area contributed by atoms with Crippen LogP contribution in [0.3, 0.4) is 0 Å². The Morgan fingerprint density at radius 1 is 1.41 bits per heavy atom. The monoisotopic (exact) mass is 259 g/mol. The second kappa shape index (κ2) is 4.03. The third kappa shape index (κ3) is 2.12. The first-order valence-electron chi connectivity index (χ1n) is 4.80. The molecule has 2 aromatic rings. The van der Waals surface area contributed by atoms with Crippen molar-refractivity contribution in [2.45, 2.75) is 4.90 Å². The summed E-state index contributed by atoms with van der Waals surface area (Å²) in [6, 6.07) is 4.56. The summed E-state index contributed by atoms with van der Waals surface area (Å²) in [5.41, 5.74) is 0.853. The van der Waals surface area contributed by atoms with Gasteiger partial charge in [0.15, 0.2) is 0 Å². The second-order valence-electron chi connectivity index (χ2n) is 3.63. The van der Waals surface area contributed by atoms with Crippen LogP contribution in [0.25, 0.3) is 10.9 Å². The fourth-order valence-electron chi connectivity index (χ4n) is 1.64. The molecular formula is C11H11F2NO2S. The average Bonchev–Trinajstić information content (AvgIpc) is 2.70. The summed E-state index contributed by atoms with van der Waals surface area (Å²) < 4.78 is 31.3. The summed E-state index contributed by atoms with van der Waals surface area (Å²) in [5.74, 6) is -0.534. The second-order valence-corrected chi connectivity index (χ2v) is 5.52. The molecule has 1 aromatic heterocycles. The molecule has 1 N–H and O–H groups in total. The van der Waals surface area contributed by atoms with Crippen molar-refractivity contribution in [1.29, 1.82) is 0 Å². The highest BCUT2D eigenvalue weighted by molar-refractivity contribution is 8.24. The van der Waals surface area contributed by atoms with Crippen LogP contribution in [0, 0.1) is 0 Å². The topological polar surface area (TPSA) is 42.1 Å². The van der Waals surface area contributed by atoms with E-state index in [1.165, 1.54) is 25.4 Å². The Labute approximate surface area is 98.7 Å². The van der Waals surface area contributed by atoms with E-state index in [0.29, 0.717) is 10.9 Å². The number of carbonyl (C=O) groups excluding carboxylic acids is 1. The number of benzene rings is 1. The largest absolute Gasteiger partial charge is 0.465 e. The molecule has 0 amide bonds. The number of methoxy groups -OCH3 is 1. The van der Waals surface area contributed by atoms with Crippen molar-refractivity contribution in [3.05, 3.63) is 30.0 Å². The predicted octanol–water partition coefficient (Wildman–Crippen LogP) is 3.52. The van der Waals surface area contributed by atoms with Gasteiger partial charge < -0.3 is 9.72 Å². The Hall–Kier alpha value is -1.56. The fourth-order valence-corrected chi connectivity index (χ4v) is 2.46. The minimum absolute atomic E-state index is 0.0433.